The summed E-state index contributed by atoms with van der Waals surface area (Å²) in [5.41, 5.74) is 4.91. The van der Waals surface area contributed by atoms with Gasteiger partial charge in [0.2, 0.25) is 0 Å². The van der Waals surface area contributed by atoms with Gasteiger partial charge >= 0.3 is 6.18 Å². The first kappa shape index (κ1) is 15.7. The molecule has 1 rings (SSSR count). The molecule has 0 amide bonds. The topological polar surface area (TPSA) is 35.2 Å². The SMILES string of the molecule is CCCC[C@H](CC)Oc1ccc(C(F)(F)F)cc1N. The van der Waals surface area contributed by atoms with E-state index in [4.69, 9.17) is 10.5 Å². The second-order valence-electron chi connectivity index (χ2n) is 4.54. The van der Waals surface area contributed by atoms with Gasteiger partial charge in [-0.3, -0.25) is 0 Å². The van der Waals surface area contributed by atoms with E-state index in [1.54, 1.807) is 0 Å². The van der Waals surface area contributed by atoms with Crippen LogP contribution in [0.1, 0.15) is 45.1 Å². The Bertz CT molecular complexity index is 404. The number of anilines is 1. The fourth-order valence-electron chi connectivity index (χ4n) is 1.79. The van der Waals surface area contributed by atoms with E-state index in [9.17, 15) is 13.2 Å². The lowest BCUT2D eigenvalue weighted by atomic mass is 10.1. The van der Waals surface area contributed by atoms with Crippen molar-refractivity contribution in [1.82, 2.24) is 0 Å². The van der Waals surface area contributed by atoms with Gasteiger partial charge in [-0.2, -0.15) is 13.2 Å². The molecule has 1 aromatic rings. The molecule has 1 atom stereocenters. The second-order valence-corrected chi connectivity index (χ2v) is 4.54. The van der Waals surface area contributed by atoms with Crippen molar-refractivity contribution < 1.29 is 17.9 Å². The number of hydrogen-bond acceptors (Lipinski definition) is 2. The van der Waals surface area contributed by atoms with Crippen LogP contribution in [0.3, 0.4) is 0 Å². The van der Waals surface area contributed by atoms with E-state index in [0.717, 1.165) is 37.8 Å². The van der Waals surface area contributed by atoms with Gasteiger partial charge in [0.05, 0.1) is 17.4 Å². The van der Waals surface area contributed by atoms with E-state index in [-0.39, 0.29) is 11.8 Å². The van der Waals surface area contributed by atoms with Crippen molar-refractivity contribution in [2.75, 3.05) is 5.73 Å². The first-order valence-electron chi connectivity index (χ1n) is 6.51. The molecule has 2 nitrogen and oxygen atoms in total. The third-order valence-corrected chi connectivity index (χ3v) is 2.97. The highest BCUT2D eigenvalue weighted by Gasteiger charge is 2.31. The van der Waals surface area contributed by atoms with Crippen LogP contribution in [0.2, 0.25) is 0 Å². The average molecular weight is 275 g/mol. The Hall–Kier alpha value is -1.39. The molecular formula is C14H20F3NO. The monoisotopic (exact) mass is 275 g/mol. The minimum atomic E-state index is -4.38. The van der Waals surface area contributed by atoms with Crippen LogP contribution < -0.4 is 10.5 Å². The quantitative estimate of drug-likeness (QED) is 0.768. The lowest BCUT2D eigenvalue weighted by molar-refractivity contribution is -0.137. The van der Waals surface area contributed by atoms with Crippen LogP contribution in [0.15, 0.2) is 18.2 Å². The average Bonchev–Trinajstić information content (AvgIpc) is 2.35. The lowest BCUT2D eigenvalue weighted by Crippen LogP contribution is -2.16. The van der Waals surface area contributed by atoms with E-state index in [1.807, 2.05) is 6.92 Å². The van der Waals surface area contributed by atoms with E-state index < -0.39 is 11.7 Å². The third kappa shape index (κ3) is 4.65. The zero-order chi connectivity index (χ0) is 14.5. The van der Waals surface area contributed by atoms with Gasteiger partial charge in [0.25, 0.3) is 0 Å². The maximum atomic E-state index is 12.5. The molecule has 0 bridgehead atoms. The first-order chi connectivity index (χ1) is 8.88. The maximum Gasteiger partial charge on any atom is 0.416 e. The van der Waals surface area contributed by atoms with Gasteiger partial charge in [-0.15, -0.1) is 0 Å². The van der Waals surface area contributed by atoms with Crippen molar-refractivity contribution in [1.29, 1.82) is 0 Å². The van der Waals surface area contributed by atoms with Crippen molar-refractivity contribution in [2.45, 2.75) is 51.8 Å². The molecule has 1 aromatic carbocycles. The molecule has 5 heteroatoms. The third-order valence-electron chi connectivity index (χ3n) is 2.97. The number of hydrogen-bond donors (Lipinski definition) is 1. The summed E-state index contributed by atoms with van der Waals surface area (Å²) in [4.78, 5) is 0. The number of nitrogen functional groups attached to an aromatic ring is 1. The van der Waals surface area contributed by atoms with Crippen LogP contribution in [0.5, 0.6) is 5.75 Å². The Morgan fingerprint density at radius 2 is 1.95 bits per heavy atom. The molecule has 2 N–H and O–H groups in total. The summed E-state index contributed by atoms with van der Waals surface area (Å²) >= 11 is 0. The molecule has 0 aliphatic carbocycles. The fourth-order valence-corrected chi connectivity index (χ4v) is 1.79. The summed E-state index contributed by atoms with van der Waals surface area (Å²) < 4.78 is 43.2. The zero-order valence-electron chi connectivity index (χ0n) is 11.3. The lowest BCUT2D eigenvalue weighted by Gasteiger charge is -2.19. The van der Waals surface area contributed by atoms with Gasteiger partial charge in [-0.25, -0.2) is 0 Å². The summed E-state index contributed by atoms with van der Waals surface area (Å²) in [7, 11) is 0. The van der Waals surface area contributed by atoms with Crippen molar-refractivity contribution in [3.05, 3.63) is 23.8 Å². The zero-order valence-corrected chi connectivity index (χ0v) is 11.3. The van der Waals surface area contributed by atoms with Gasteiger partial charge in [0.1, 0.15) is 5.75 Å². The summed E-state index contributed by atoms with van der Waals surface area (Å²) in [5.74, 6) is 0.330. The Balaban J connectivity index is 2.79. The number of rotatable bonds is 6. The molecule has 0 fully saturated rings. The van der Waals surface area contributed by atoms with E-state index in [1.165, 1.54) is 6.07 Å². The summed E-state index contributed by atoms with van der Waals surface area (Å²) in [6.45, 7) is 4.07. The van der Waals surface area contributed by atoms with Gasteiger partial charge in [-0.1, -0.05) is 26.7 Å². The molecule has 0 aliphatic rings. The predicted octanol–water partition coefficient (Wildman–Crippen LogP) is 4.64. The number of halogens is 3. The number of alkyl halides is 3. The number of unbranched alkanes of at least 4 members (excludes halogenated alkanes) is 1. The maximum absolute atomic E-state index is 12.5. The van der Waals surface area contributed by atoms with Crippen LogP contribution in [0, 0.1) is 0 Å². The molecule has 0 saturated carbocycles. The van der Waals surface area contributed by atoms with E-state index in [0.29, 0.717) is 5.75 Å². The molecule has 0 spiro atoms. The molecule has 0 heterocycles. The summed E-state index contributed by atoms with van der Waals surface area (Å²) in [5, 5.41) is 0. The minimum absolute atomic E-state index is 0.000938. The molecule has 0 aliphatic heterocycles. The van der Waals surface area contributed by atoms with Crippen LogP contribution in [0.4, 0.5) is 18.9 Å². The van der Waals surface area contributed by atoms with Gasteiger partial charge < -0.3 is 10.5 Å². The largest absolute Gasteiger partial charge is 0.488 e. The molecule has 0 radical (unpaired) electrons. The molecular weight excluding hydrogens is 255 g/mol. The van der Waals surface area contributed by atoms with Crippen LogP contribution in [0.25, 0.3) is 0 Å². The normalized spacial score (nSPS) is 13.3. The first-order valence-corrected chi connectivity index (χ1v) is 6.51. The Labute approximate surface area is 111 Å². The molecule has 108 valence electrons. The van der Waals surface area contributed by atoms with Crippen molar-refractivity contribution in [3.63, 3.8) is 0 Å². The highest BCUT2D eigenvalue weighted by molar-refractivity contribution is 5.54. The number of benzene rings is 1. The van der Waals surface area contributed by atoms with E-state index in [2.05, 4.69) is 6.92 Å². The van der Waals surface area contributed by atoms with E-state index >= 15 is 0 Å². The van der Waals surface area contributed by atoms with Crippen LogP contribution >= 0.6 is 0 Å². The molecule has 0 aromatic heterocycles. The van der Waals surface area contributed by atoms with Crippen molar-refractivity contribution in [2.24, 2.45) is 0 Å². The summed E-state index contributed by atoms with van der Waals surface area (Å²) in [6.07, 6.45) is -0.604. The number of ether oxygens (including phenoxy) is 1. The molecule has 0 saturated heterocycles. The van der Waals surface area contributed by atoms with Crippen LogP contribution in [-0.4, -0.2) is 6.10 Å². The Kier molecular flexibility index (Phi) is 5.51. The van der Waals surface area contributed by atoms with Gasteiger partial charge in [-0.05, 0) is 31.0 Å². The Morgan fingerprint density at radius 1 is 1.26 bits per heavy atom. The van der Waals surface area contributed by atoms with Crippen molar-refractivity contribution >= 4 is 5.69 Å². The second kappa shape index (κ2) is 6.68. The highest BCUT2D eigenvalue weighted by Crippen LogP contribution is 2.34. The number of nitrogens with two attached hydrogens (primary N) is 1. The highest BCUT2D eigenvalue weighted by atomic mass is 19.4. The minimum Gasteiger partial charge on any atom is -0.488 e. The van der Waals surface area contributed by atoms with Crippen molar-refractivity contribution in [3.8, 4) is 5.75 Å². The smallest absolute Gasteiger partial charge is 0.416 e. The summed E-state index contributed by atoms with van der Waals surface area (Å²) in [6, 6.07) is 3.22. The molecule has 0 unspecified atom stereocenters. The fraction of sp³-hybridized carbons (Fsp3) is 0.571. The van der Waals surface area contributed by atoms with Gasteiger partial charge in [0, 0.05) is 0 Å². The Morgan fingerprint density at radius 3 is 2.42 bits per heavy atom. The standard InChI is InChI=1S/C14H20F3NO/c1-3-5-6-11(4-2)19-13-8-7-10(9-12(13)18)14(15,16)17/h7-9,11H,3-6,18H2,1-2H3/t11-/m0/s1. The van der Waals surface area contributed by atoms with Gasteiger partial charge in [0.15, 0.2) is 0 Å². The molecule has 19 heavy (non-hydrogen) atoms. The predicted molar refractivity (Wildman–Crippen MR) is 70.1 cm³/mol. The van der Waals surface area contributed by atoms with Crippen LogP contribution in [-0.2, 0) is 6.18 Å².